The van der Waals surface area contributed by atoms with Gasteiger partial charge in [0.25, 0.3) is 0 Å². The molecule has 69 heavy (non-hydrogen) atoms. The quantitative estimate of drug-likeness (QED) is 0.156. The molecular formula is C63H37N3O2S. The van der Waals surface area contributed by atoms with Gasteiger partial charge in [0, 0.05) is 82.8 Å². The van der Waals surface area contributed by atoms with Gasteiger partial charge in [-0.15, -0.1) is 11.3 Å². The van der Waals surface area contributed by atoms with Crippen LogP contribution in [0.5, 0.6) is 0 Å². The molecule has 15 rings (SSSR count). The van der Waals surface area contributed by atoms with E-state index in [4.69, 9.17) is 13.8 Å². The number of aromatic nitrogens is 1. The number of rotatable bonds is 6. The molecule has 0 aliphatic heterocycles. The largest absolute Gasteiger partial charge is 0.456 e. The summed E-state index contributed by atoms with van der Waals surface area (Å²) < 4.78 is 15.3. The maximum absolute atomic E-state index is 6.47. The number of benzene rings is 11. The molecule has 0 aliphatic rings. The first-order valence-electron chi connectivity index (χ1n) is 23.2. The summed E-state index contributed by atoms with van der Waals surface area (Å²) in [6.45, 7) is 0. The van der Waals surface area contributed by atoms with E-state index >= 15 is 0 Å². The summed E-state index contributed by atoms with van der Waals surface area (Å²) in [4.78, 5) is 9.88. The van der Waals surface area contributed by atoms with Crippen LogP contribution in [0, 0.1) is 0 Å². The van der Waals surface area contributed by atoms with E-state index in [1.165, 1.54) is 53.2 Å². The molecule has 0 amide bonds. The van der Waals surface area contributed by atoms with Crippen LogP contribution in [0.25, 0.3) is 107 Å². The highest BCUT2D eigenvalue weighted by Crippen LogP contribution is 2.45. The zero-order valence-electron chi connectivity index (χ0n) is 36.9. The van der Waals surface area contributed by atoms with Gasteiger partial charge in [-0.25, -0.2) is 4.98 Å². The first-order valence-corrected chi connectivity index (χ1v) is 24.0. The fraction of sp³-hybridized carbons (Fsp3) is 0. The van der Waals surface area contributed by atoms with E-state index in [-0.39, 0.29) is 0 Å². The van der Waals surface area contributed by atoms with Crippen LogP contribution in [0.1, 0.15) is 0 Å². The molecule has 0 fully saturated rings. The smallest absolute Gasteiger partial charge is 0.138 e. The van der Waals surface area contributed by atoms with Gasteiger partial charge in [0.15, 0.2) is 0 Å². The number of pyridine rings is 1. The van der Waals surface area contributed by atoms with E-state index in [0.717, 1.165) is 88.2 Å². The molecular weight excluding hydrogens is 863 g/mol. The number of hydrogen-bond donors (Lipinski definition) is 0. The van der Waals surface area contributed by atoms with Gasteiger partial charge in [-0.05, 0) is 146 Å². The lowest BCUT2D eigenvalue weighted by Crippen LogP contribution is -2.11. The number of para-hydroxylation sites is 2. The van der Waals surface area contributed by atoms with E-state index in [0.29, 0.717) is 0 Å². The number of fused-ring (bicyclic) bond motifs is 13. The predicted octanol–water partition coefficient (Wildman–Crippen LogP) is 18.8. The molecule has 322 valence electrons. The summed E-state index contributed by atoms with van der Waals surface area (Å²) in [5.41, 5.74) is 8.59. The Kier molecular flexibility index (Phi) is 8.17. The number of furan rings is 2. The third kappa shape index (κ3) is 6.13. The molecule has 4 heterocycles. The number of thiophene rings is 1. The van der Waals surface area contributed by atoms with Crippen molar-refractivity contribution < 1.29 is 8.83 Å². The first kappa shape index (κ1) is 38.2. The van der Waals surface area contributed by atoms with Crippen LogP contribution in [-0.2, 0) is 0 Å². The average molecular weight is 900 g/mol. The Morgan fingerprint density at radius 1 is 0.290 bits per heavy atom. The van der Waals surface area contributed by atoms with Crippen molar-refractivity contribution in [2.75, 3.05) is 9.80 Å². The topological polar surface area (TPSA) is 45.7 Å². The Morgan fingerprint density at radius 3 is 1.28 bits per heavy atom. The van der Waals surface area contributed by atoms with Crippen LogP contribution < -0.4 is 9.80 Å². The molecule has 11 aromatic carbocycles. The summed E-state index contributed by atoms with van der Waals surface area (Å²) >= 11 is 1.79. The molecule has 5 nitrogen and oxygen atoms in total. The summed E-state index contributed by atoms with van der Waals surface area (Å²) in [5.74, 6) is 0.828. The number of nitrogens with zero attached hydrogens (tertiary/aromatic N) is 3. The molecule has 0 saturated carbocycles. The predicted molar refractivity (Wildman–Crippen MR) is 291 cm³/mol. The molecule has 6 heteroatoms. The Bertz CT molecular complexity index is 4310. The minimum absolute atomic E-state index is 0.828. The van der Waals surface area contributed by atoms with Crippen LogP contribution >= 0.6 is 11.3 Å². The van der Waals surface area contributed by atoms with Gasteiger partial charge in [-0.3, -0.25) is 4.90 Å². The lowest BCUT2D eigenvalue weighted by atomic mass is 10.0. The van der Waals surface area contributed by atoms with Crippen molar-refractivity contribution in [2.24, 2.45) is 0 Å². The first-order chi connectivity index (χ1) is 34.1. The Labute approximate surface area is 398 Å². The fourth-order valence-corrected chi connectivity index (χ4v) is 11.8. The van der Waals surface area contributed by atoms with Crippen molar-refractivity contribution in [3.05, 3.63) is 225 Å². The normalized spacial score (nSPS) is 12.1. The molecule has 0 atom stereocenters. The lowest BCUT2D eigenvalue weighted by Gasteiger charge is -2.26. The molecule has 0 radical (unpaired) electrons. The van der Waals surface area contributed by atoms with Crippen LogP contribution in [0.4, 0.5) is 34.3 Å². The van der Waals surface area contributed by atoms with Crippen molar-refractivity contribution >= 4 is 153 Å². The highest BCUT2D eigenvalue weighted by molar-refractivity contribution is 7.25. The zero-order chi connectivity index (χ0) is 45.2. The van der Waals surface area contributed by atoms with Gasteiger partial charge < -0.3 is 13.7 Å². The van der Waals surface area contributed by atoms with E-state index in [1.54, 1.807) is 11.3 Å². The number of anilines is 6. The Hall–Kier alpha value is -8.97. The van der Waals surface area contributed by atoms with Crippen molar-refractivity contribution in [3.8, 4) is 0 Å². The van der Waals surface area contributed by atoms with Crippen molar-refractivity contribution in [1.82, 2.24) is 4.98 Å². The van der Waals surface area contributed by atoms with Crippen LogP contribution in [0.2, 0.25) is 0 Å². The van der Waals surface area contributed by atoms with Crippen molar-refractivity contribution in [2.45, 2.75) is 0 Å². The molecule has 15 aromatic rings. The van der Waals surface area contributed by atoms with Gasteiger partial charge in [0.2, 0.25) is 0 Å². The maximum Gasteiger partial charge on any atom is 0.138 e. The van der Waals surface area contributed by atoms with Gasteiger partial charge in [0.05, 0.1) is 5.69 Å². The van der Waals surface area contributed by atoms with Crippen LogP contribution in [0.3, 0.4) is 0 Å². The molecule has 4 aromatic heterocycles. The van der Waals surface area contributed by atoms with E-state index in [2.05, 4.69) is 204 Å². The highest BCUT2D eigenvalue weighted by atomic mass is 32.1. The molecule has 0 unspecified atom stereocenters. The molecule has 0 N–H and O–H groups in total. The molecule has 0 saturated heterocycles. The van der Waals surface area contributed by atoms with Crippen molar-refractivity contribution in [1.29, 1.82) is 0 Å². The fourth-order valence-electron chi connectivity index (χ4n) is 10.6. The monoisotopic (exact) mass is 899 g/mol. The third-order valence-electron chi connectivity index (χ3n) is 13.9. The SMILES string of the molecule is c1ccc2cc3cc(N(c4ccc5c(c4)oc4ccccc45)c4ccc5c(c4)sc4cc(N(c6ccc7cc8ccccc8cc7c6)c6ccc7c(c6)oc6ccccc67)ncc45)ccc3cc2c1. The van der Waals surface area contributed by atoms with E-state index in [9.17, 15) is 0 Å². The van der Waals surface area contributed by atoms with Gasteiger partial charge in [-0.1, -0.05) is 103 Å². The second kappa shape index (κ2) is 14.8. The lowest BCUT2D eigenvalue weighted by molar-refractivity contribution is 0.668. The molecule has 0 aliphatic carbocycles. The minimum atomic E-state index is 0.828. The summed E-state index contributed by atoms with van der Waals surface area (Å²) in [7, 11) is 0. The summed E-state index contributed by atoms with van der Waals surface area (Å²) in [5, 5.41) is 16.4. The average Bonchev–Trinajstić information content (AvgIpc) is 4.08. The van der Waals surface area contributed by atoms with E-state index in [1.807, 2.05) is 30.5 Å². The zero-order valence-corrected chi connectivity index (χ0v) is 37.7. The third-order valence-corrected chi connectivity index (χ3v) is 15.1. The van der Waals surface area contributed by atoms with Crippen LogP contribution in [-0.4, -0.2) is 4.98 Å². The molecule has 0 bridgehead atoms. The second-order valence-electron chi connectivity index (χ2n) is 18.0. The Balaban J connectivity index is 0.887. The second-order valence-corrected chi connectivity index (χ2v) is 19.1. The van der Waals surface area contributed by atoms with Crippen LogP contribution in [0.15, 0.2) is 233 Å². The highest BCUT2D eigenvalue weighted by Gasteiger charge is 2.21. The van der Waals surface area contributed by atoms with Gasteiger partial charge in [0.1, 0.15) is 28.1 Å². The minimum Gasteiger partial charge on any atom is -0.456 e. The molecule has 0 spiro atoms. The van der Waals surface area contributed by atoms with Gasteiger partial charge in [-0.2, -0.15) is 0 Å². The maximum atomic E-state index is 6.47. The summed E-state index contributed by atoms with van der Waals surface area (Å²) in [6, 6.07) is 78.4. The Morgan fingerprint density at radius 2 is 0.696 bits per heavy atom. The van der Waals surface area contributed by atoms with Gasteiger partial charge >= 0.3 is 0 Å². The van der Waals surface area contributed by atoms with Crippen molar-refractivity contribution in [3.63, 3.8) is 0 Å². The number of hydrogen-bond acceptors (Lipinski definition) is 6. The van der Waals surface area contributed by atoms with E-state index < -0.39 is 0 Å². The summed E-state index contributed by atoms with van der Waals surface area (Å²) in [6.07, 6.45) is 2.05. The standard InChI is InChI=1S/C63H37N3O2S/c1-3-11-40-29-44-31-46(19-17-42(44)27-38(40)9-1)65(48-21-24-53-51-13-5-7-15-57(51)67-59(53)33-48)50-23-26-55-56-37-64-63(36-62(56)69-61(55)35-50)66(49-22-25-54-52-14-6-8-16-58(52)68-60(54)34-49)47-20-18-43-28-39-10-2-4-12-41(39)30-45(43)32-47/h1-37H.